The van der Waals surface area contributed by atoms with Crippen molar-refractivity contribution in [2.75, 3.05) is 13.6 Å². The third-order valence-corrected chi connectivity index (χ3v) is 6.25. The number of H-pyrrole nitrogens is 1. The van der Waals surface area contributed by atoms with Crippen LogP contribution in [-0.4, -0.2) is 44.4 Å². The Morgan fingerprint density at radius 2 is 1.97 bits per heavy atom. The molecule has 0 spiro atoms. The number of hydrogen-bond donors (Lipinski definition) is 1. The van der Waals surface area contributed by atoms with Crippen LogP contribution >= 0.6 is 0 Å². The summed E-state index contributed by atoms with van der Waals surface area (Å²) in [5.74, 6) is -0.811. The highest BCUT2D eigenvalue weighted by Crippen LogP contribution is 2.29. The Bertz CT molecular complexity index is 1340. The maximum Gasteiger partial charge on any atom is 0.274 e. The molecule has 1 amide bonds. The Morgan fingerprint density at radius 1 is 1.12 bits per heavy atom. The van der Waals surface area contributed by atoms with Gasteiger partial charge in [0.05, 0.1) is 5.69 Å². The summed E-state index contributed by atoms with van der Waals surface area (Å²) in [6.07, 6.45) is 3.90. The molecule has 1 aliphatic carbocycles. The molecule has 0 saturated carbocycles. The lowest BCUT2D eigenvalue weighted by molar-refractivity contribution is 0.0786. The summed E-state index contributed by atoms with van der Waals surface area (Å²) >= 11 is 0. The number of amides is 1. The molecule has 1 N–H and O–H groups in total. The van der Waals surface area contributed by atoms with Gasteiger partial charge in [0.1, 0.15) is 17.3 Å². The van der Waals surface area contributed by atoms with Gasteiger partial charge in [-0.3, -0.25) is 9.89 Å². The quantitative estimate of drug-likeness (QED) is 0.433. The molecule has 2 heterocycles. The Morgan fingerprint density at radius 3 is 2.79 bits per heavy atom. The average Bonchev–Trinajstić information content (AvgIpc) is 3.56. The summed E-state index contributed by atoms with van der Waals surface area (Å²) in [5, 5.41) is 11.8. The van der Waals surface area contributed by atoms with Crippen molar-refractivity contribution in [1.29, 1.82) is 0 Å². The number of carbonyl (C=O) groups is 1. The van der Waals surface area contributed by atoms with Gasteiger partial charge in [-0.15, -0.1) is 0 Å². The number of aromatic nitrogens is 4. The summed E-state index contributed by atoms with van der Waals surface area (Å²) in [6.45, 7) is 0.536. The SMILES string of the molecule is CN(CCCc1cc(-c2cccc(F)c2)n[nH]1)C(=O)c1nn(-c2ccccc2F)c2c1CCC2. The number of carbonyl (C=O) groups excluding carboxylic acids is 1. The molecule has 0 bridgehead atoms. The van der Waals surface area contributed by atoms with E-state index >= 15 is 0 Å². The van der Waals surface area contributed by atoms with Crippen LogP contribution in [0.3, 0.4) is 0 Å². The predicted octanol–water partition coefficient (Wildman–Crippen LogP) is 4.73. The standard InChI is InChI=1S/C26H25F2N5O/c1-32(14-6-9-19-16-22(30-29-19)17-7-4-8-18(27)15-17)26(34)25-20-10-5-13-23(20)33(31-25)24-12-3-2-11-21(24)28/h2-4,7-8,11-12,15-16H,5-6,9-10,13-14H2,1H3,(H,29,30). The van der Waals surface area contributed by atoms with Crippen molar-refractivity contribution >= 4 is 5.91 Å². The van der Waals surface area contributed by atoms with Gasteiger partial charge in [-0.2, -0.15) is 10.2 Å². The summed E-state index contributed by atoms with van der Waals surface area (Å²) in [5.41, 5.74) is 4.95. The van der Waals surface area contributed by atoms with E-state index in [9.17, 15) is 13.6 Å². The van der Waals surface area contributed by atoms with Crippen LogP contribution in [0.5, 0.6) is 0 Å². The third-order valence-electron chi connectivity index (χ3n) is 6.25. The molecule has 174 valence electrons. The van der Waals surface area contributed by atoms with E-state index in [0.29, 0.717) is 35.6 Å². The van der Waals surface area contributed by atoms with Crippen molar-refractivity contribution in [1.82, 2.24) is 24.9 Å². The molecule has 6 nitrogen and oxygen atoms in total. The normalized spacial score (nSPS) is 12.7. The number of aryl methyl sites for hydroxylation is 1. The third kappa shape index (κ3) is 4.23. The van der Waals surface area contributed by atoms with E-state index in [-0.39, 0.29) is 17.5 Å². The summed E-state index contributed by atoms with van der Waals surface area (Å²) < 4.78 is 29.4. The highest BCUT2D eigenvalue weighted by atomic mass is 19.1. The van der Waals surface area contributed by atoms with Gasteiger partial charge in [-0.25, -0.2) is 13.5 Å². The van der Waals surface area contributed by atoms with Crippen LogP contribution < -0.4 is 0 Å². The van der Waals surface area contributed by atoms with Crippen LogP contribution in [0.4, 0.5) is 8.78 Å². The highest BCUT2D eigenvalue weighted by molar-refractivity contribution is 5.94. The number of nitrogens with one attached hydrogen (secondary N) is 1. The topological polar surface area (TPSA) is 66.8 Å². The molecule has 0 atom stereocenters. The Labute approximate surface area is 196 Å². The molecule has 5 rings (SSSR count). The molecule has 2 aromatic carbocycles. The molecule has 0 unspecified atom stereocenters. The Kier molecular flexibility index (Phi) is 5.96. The minimum Gasteiger partial charge on any atom is -0.340 e. The lowest BCUT2D eigenvalue weighted by atomic mass is 10.1. The molecule has 0 saturated heterocycles. The van der Waals surface area contributed by atoms with Crippen molar-refractivity contribution in [2.24, 2.45) is 0 Å². The minimum atomic E-state index is -0.357. The number of nitrogens with zero attached hydrogens (tertiary/aromatic N) is 4. The highest BCUT2D eigenvalue weighted by Gasteiger charge is 2.29. The zero-order chi connectivity index (χ0) is 23.7. The van der Waals surface area contributed by atoms with Gasteiger partial charge < -0.3 is 4.90 Å². The Balaban J connectivity index is 1.25. The molecule has 34 heavy (non-hydrogen) atoms. The Hall–Kier alpha value is -3.81. The van der Waals surface area contributed by atoms with Crippen LogP contribution in [0, 0.1) is 11.6 Å². The van der Waals surface area contributed by atoms with E-state index in [1.807, 2.05) is 12.1 Å². The fourth-order valence-corrected chi connectivity index (χ4v) is 4.51. The van der Waals surface area contributed by atoms with Gasteiger partial charge in [0.2, 0.25) is 0 Å². The van der Waals surface area contributed by atoms with E-state index in [1.165, 1.54) is 18.2 Å². The first-order valence-electron chi connectivity index (χ1n) is 11.4. The molecule has 8 heteroatoms. The second-order valence-electron chi connectivity index (χ2n) is 8.61. The summed E-state index contributed by atoms with van der Waals surface area (Å²) in [6, 6.07) is 14.7. The van der Waals surface area contributed by atoms with Crippen LogP contribution in [0.2, 0.25) is 0 Å². The van der Waals surface area contributed by atoms with Gasteiger partial charge >= 0.3 is 0 Å². The van der Waals surface area contributed by atoms with Crippen molar-refractivity contribution in [3.05, 3.63) is 88.9 Å². The van der Waals surface area contributed by atoms with E-state index < -0.39 is 0 Å². The lowest BCUT2D eigenvalue weighted by Crippen LogP contribution is -2.29. The van der Waals surface area contributed by atoms with Crippen LogP contribution in [0.15, 0.2) is 54.6 Å². The van der Waals surface area contributed by atoms with E-state index in [4.69, 9.17) is 0 Å². The number of halogens is 2. The van der Waals surface area contributed by atoms with Crippen LogP contribution in [-0.2, 0) is 19.3 Å². The number of fused-ring (bicyclic) bond motifs is 1. The number of para-hydroxylation sites is 1. The molecule has 0 radical (unpaired) electrons. The van der Waals surface area contributed by atoms with Crippen LogP contribution in [0.1, 0.15) is 40.3 Å². The first-order valence-corrected chi connectivity index (χ1v) is 11.4. The smallest absolute Gasteiger partial charge is 0.274 e. The van der Waals surface area contributed by atoms with Gasteiger partial charge in [0, 0.05) is 36.1 Å². The number of aromatic amines is 1. The second-order valence-corrected chi connectivity index (χ2v) is 8.61. The minimum absolute atomic E-state index is 0.154. The zero-order valence-electron chi connectivity index (χ0n) is 18.9. The molecule has 4 aromatic rings. The first-order chi connectivity index (χ1) is 16.5. The van der Waals surface area contributed by atoms with Crippen molar-refractivity contribution < 1.29 is 13.6 Å². The molecule has 0 fully saturated rings. The van der Waals surface area contributed by atoms with Gasteiger partial charge in [0.25, 0.3) is 5.91 Å². The largest absolute Gasteiger partial charge is 0.340 e. The maximum atomic E-state index is 14.4. The molecular formula is C26H25F2N5O. The summed E-state index contributed by atoms with van der Waals surface area (Å²) in [7, 11) is 1.76. The van der Waals surface area contributed by atoms with Crippen molar-refractivity contribution in [3.8, 4) is 16.9 Å². The molecule has 0 aliphatic heterocycles. The molecular weight excluding hydrogens is 436 g/mol. The van der Waals surface area contributed by atoms with Crippen molar-refractivity contribution in [3.63, 3.8) is 0 Å². The predicted molar refractivity (Wildman–Crippen MR) is 125 cm³/mol. The van der Waals surface area contributed by atoms with Gasteiger partial charge in [-0.1, -0.05) is 24.3 Å². The fraction of sp³-hybridized carbons (Fsp3) is 0.269. The maximum absolute atomic E-state index is 14.4. The van der Waals surface area contributed by atoms with E-state index in [0.717, 1.165) is 42.6 Å². The first kappa shape index (κ1) is 22.0. The molecule has 1 aliphatic rings. The number of hydrogen-bond acceptors (Lipinski definition) is 3. The zero-order valence-corrected chi connectivity index (χ0v) is 18.9. The monoisotopic (exact) mass is 461 g/mol. The second kappa shape index (κ2) is 9.21. The number of rotatable bonds is 7. The van der Waals surface area contributed by atoms with Gasteiger partial charge in [-0.05, 0) is 62.4 Å². The number of benzene rings is 2. The molecule has 2 aromatic heterocycles. The fourth-order valence-electron chi connectivity index (χ4n) is 4.51. The van der Waals surface area contributed by atoms with E-state index in [1.54, 1.807) is 40.9 Å². The van der Waals surface area contributed by atoms with Crippen LogP contribution in [0.25, 0.3) is 16.9 Å². The van der Waals surface area contributed by atoms with E-state index in [2.05, 4.69) is 15.3 Å². The summed E-state index contributed by atoms with van der Waals surface area (Å²) in [4.78, 5) is 14.9. The average molecular weight is 462 g/mol. The van der Waals surface area contributed by atoms with Crippen molar-refractivity contribution in [2.45, 2.75) is 32.1 Å². The lowest BCUT2D eigenvalue weighted by Gasteiger charge is -2.16. The van der Waals surface area contributed by atoms with Gasteiger partial charge in [0.15, 0.2) is 5.69 Å².